The van der Waals surface area contributed by atoms with Gasteiger partial charge >= 0.3 is 0 Å². The standard InChI is InChI=1S/C25H24N6O2/c32-24(28-16-18-5-4-11-26-15-18)20-9-13-30(14-10-20)25(33)21-17-29-31-22(8-12-27-23(21)31)19-6-2-1-3-7-19/h1-8,11-12,15,17,20H,9-10,13-14,16H2,(H,28,32). The third-order valence-corrected chi connectivity index (χ3v) is 6.04. The molecule has 1 N–H and O–H groups in total. The molecule has 2 amide bonds. The van der Waals surface area contributed by atoms with Crippen LogP contribution in [0.4, 0.5) is 0 Å². The van der Waals surface area contributed by atoms with Crippen molar-refractivity contribution in [1.82, 2.24) is 29.8 Å². The van der Waals surface area contributed by atoms with Crippen molar-refractivity contribution in [3.8, 4) is 11.3 Å². The zero-order valence-electron chi connectivity index (χ0n) is 18.1. The smallest absolute Gasteiger partial charge is 0.259 e. The molecule has 0 saturated carbocycles. The van der Waals surface area contributed by atoms with Crippen LogP contribution in [0, 0.1) is 5.92 Å². The van der Waals surface area contributed by atoms with Gasteiger partial charge in [-0.1, -0.05) is 36.4 Å². The van der Waals surface area contributed by atoms with Crippen molar-refractivity contribution in [3.05, 3.63) is 84.4 Å². The molecular formula is C25H24N6O2. The Labute approximate surface area is 191 Å². The Morgan fingerprint density at radius 1 is 0.970 bits per heavy atom. The number of rotatable bonds is 5. The van der Waals surface area contributed by atoms with Gasteiger partial charge in [0.05, 0.1) is 11.9 Å². The molecule has 3 aromatic heterocycles. The lowest BCUT2D eigenvalue weighted by Gasteiger charge is -2.31. The third kappa shape index (κ3) is 4.32. The first kappa shape index (κ1) is 20.8. The Morgan fingerprint density at radius 3 is 2.55 bits per heavy atom. The average molecular weight is 441 g/mol. The number of aromatic nitrogens is 4. The van der Waals surface area contributed by atoms with Crippen molar-refractivity contribution in [2.24, 2.45) is 5.92 Å². The minimum atomic E-state index is -0.100. The maximum absolute atomic E-state index is 13.2. The van der Waals surface area contributed by atoms with Gasteiger partial charge in [0.25, 0.3) is 5.91 Å². The van der Waals surface area contributed by atoms with Gasteiger partial charge in [-0.3, -0.25) is 14.6 Å². The number of fused-ring (bicyclic) bond motifs is 1. The summed E-state index contributed by atoms with van der Waals surface area (Å²) in [7, 11) is 0. The maximum atomic E-state index is 13.2. The van der Waals surface area contributed by atoms with Crippen molar-refractivity contribution >= 4 is 17.5 Å². The van der Waals surface area contributed by atoms with Crippen molar-refractivity contribution < 1.29 is 9.59 Å². The van der Waals surface area contributed by atoms with Gasteiger partial charge < -0.3 is 10.2 Å². The molecule has 0 aliphatic carbocycles. The van der Waals surface area contributed by atoms with E-state index in [-0.39, 0.29) is 17.7 Å². The number of benzene rings is 1. The van der Waals surface area contributed by atoms with E-state index >= 15 is 0 Å². The van der Waals surface area contributed by atoms with Crippen LogP contribution < -0.4 is 5.32 Å². The second kappa shape index (κ2) is 9.20. The molecule has 1 saturated heterocycles. The van der Waals surface area contributed by atoms with Gasteiger partial charge in [0.15, 0.2) is 5.65 Å². The molecule has 1 aromatic carbocycles. The van der Waals surface area contributed by atoms with Crippen LogP contribution in [0.25, 0.3) is 16.9 Å². The highest BCUT2D eigenvalue weighted by Gasteiger charge is 2.29. The Balaban J connectivity index is 1.24. The number of carbonyl (C=O) groups excluding carboxylic acids is 2. The highest BCUT2D eigenvalue weighted by atomic mass is 16.2. The van der Waals surface area contributed by atoms with E-state index in [1.54, 1.807) is 34.2 Å². The van der Waals surface area contributed by atoms with E-state index in [0.29, 0.717) is 43.7 Å². The fourth-order valence-electron chi connectivity index (χ4n) is 4.22. The number of nitrogens with zero attached hydrogens (tertiary/aromatic N) is 5. The topological polar surface area (TPSA) is 92.5 Å². The van der Waals surface area contributed by atoms with Crippen LogP contribution in [0.2, 0.25) is 0 Å². The summed E-state index contributed by atoms with van der Waals surface area (Å²) in [6.07, 6.45) is 8.01. The van der Waals surface area contributed by atoms with Gasteiger partial charge in [-0.2, -0.15) is 5.10 Å². The van der Waals surface area contributed by atoms with Gasteiger partial charge in [-0.25, -0.2) is 9.50 Å². The number of nitrogens with one attached hydrogen (secondary N) is 1. The van der Waals surface area contributed by atoms with Gasteiger partial charge in [-0.05, 0) is 30.5 Å². The van der Waals surface area contributed by atoms with E-state index in [4.69, 9.17) is 0 Å². The molecule has 0 bridgehead atoms. The molecular weight excluding hydrogens is 416 g/mol. The first-order valence-corrected chi connectivity index (χ1v) is 11.0. The van der Waals surface area contributed by atoms with Gasteiger partial charge in [0.1, 0.15) is 5.56 Å². The fourth-order valence-corrected chi connectivity index (χ4v) is 4.22. The Morgan fingerprint density at radius 2 is 1.79 bits per heavy atom. The first-order valence-electron chi connectivity index (χ1n) is 11.0. The Hall–Kier alpha value is -4.07. The normalized spacial score (nSPS) is 14.4. The zero-order valence-corrected chi connectivity index (χ0v) is 18.1. The predicted molar refractivity (Wildman–Crippen MR) is 123 cm³/mol. The van der Waals surface area contributed by atoms with Crippen molar-refractivity contribution in [2.45, 2.75) is 19.4 Å². The number of hydrogen-bond acceptors (Lipinski definition) is 5. The molecule has 1 aliphatic heterocycles. The van der Waals surface area contributed by atoms with E-state index in [0.717, 1.165) is 16.8 Å². The number of amides is 2. The molecule has 4 aromatic rings. The minimum Gasteiger partial charge on any atom is -0.352 e. The van der Waals surface area contributed by atoms with E-state index in [9.17, 15) is 9.59 Å². The van der Waals surface area contributed by atoms with Gasteiger partial charge in [0, 0.05) is 49.7 Å². The van der Waals surface area contributed by atoms with Crippen LogP contribution in [0.1, 0.15) is 28.8 Å². The summed E-state index contributed by atoms with van der Waals surface area (Å²) in [5.41, 5.74) is 3.87. The second-order valence-corrected chi connectivity index (χ2v) is 8.14. The van der Waals surface area contributed by atoms with Crippen LogP contribution in [0.5, 0.6) is 0 Å². The van der Waals surface area contributed by atoms with Crippen molar-refractivity contribution in [1.29, 1.82) is 0 Å². The quantitative estimate of drug-likeness (QED) is 0.515. The summed E-state index contributed by atoms with van der Waals surface area (Å²) in [6.45, 7) is 1.52. The molecule has 33 heavy (non-hydrogen) atoms. The SMILES string of the molecule is O=C(NCc1cccnc1)C1CCN(C(=O)c2cnn3c(-c4ccccc4)ccnc23)CC1. The van der Waals surface area contributed by atoms with Gasteiger partial charge in [0.2, 0.25) is 5.91 Å². The van der Waals surface area contributed by atoms with E-state index in [2.05, 4.69) is 20.4 Å². The van der Waals surface area contributed by atoms with Gasteiger partial charge in [-0.15, -0.1) is 0 Å². The number of likely N-dealkylation sites (tertiary alicyclic amines) is 1. The first-order chi connectivity index (χ1) is 16.2. The van der Waals surface area contributed by atoms with Crippen molar-refractivity contribution in [3.63, 3.8) is 0 Å². The minimum absolute atomic E-state index is 0.0242. The second-order valence-electron chi connectivity index (χ2n) is 8.14. The molecule has 8 heteroatoms. The summed E-state index contributed by atoms with van der Waals surface area (Å²) in [5.74, 6) is -0.175. The molecule has 0 radical (unpaired) electrons. The van der Waals surface area contributed by atoms with Crippen LogP contribution in [-0.2, 0) is 11.3 Å². The zero-order chi connectivity index (χ0) is 22.6. The number of hydrogen-bond donors (Lipinski definition) is 1. The molecule has 4 heterocycles. The number of carbonyl (C=O) groups is 2. The van der Waals surface area contributed by atoms with Crippen LogP contribution in [-0.4, -0.2) is 49.4 Å². The molecule has 0 spiro atoms. The summed E-state index contributed by atoms with van der Waals surface area (Å²) < 4.78 is 1.71. The Bertz CT molecular complexity index is 1260. The van der Waals surface area contributed by atoms with Crippen LogP contribution in [0.3, 0.4) is 0 Å². The summed E-state index contributed by atoms with van der Waals surface area (Å²) in [4.78, 5) is 36.1. The number of pyridine rings is 1. The monoisotopic (exact) mass is 440 g/mol. The molecule has 5 rings (SSSR count). The lowest BCUT2D eigenvalue weighted by Crippen LogP contribution is -2.43. The predicted octanol–water partition coefficient (Wildman–Crippen LogP) is 2.96. The van der Waals surface area contributed by atoms with E-state index in [1.807, 2.05) is 48.5 Å². The highest BCUT2D eigenvalue weighted by Crippen LogP contribution is 2.23. The molecule has 8 nitrogen and oxygen atoms in total. The maximum Gasteiger partial charge on any atom is 0.259 e. The lowest BCUT2D eigenvalue weighted by molar-refractivity contribution is -0.126. The number of piperidine rings is 1. The third-order valence-electron chi connectivity index (χ3n) is 6.04. The highest BCUT2D eigenvalue weighted by molar-refractivity contribution is 6.00. The molecule has 0 unspecified atom stereocenters. The molecule has 166 valence electrons. The largest absolute Gasteiger partial charge is 0.352 e. The fraction of sp³-hybridized carbons (Fsp3) is 0.240. The molecule has 1 fully saturated rings. The average Bonchev–Trinajstić information content (AvgIpc) is 3.32. The van der Waals surface area contributed by atoms with Crippen molar-refractivity contribution in [2.75, 3.05) is 13.1 Å². The summed E-state index contributed by atoms with van der Waals surface area (Å²) in [5, 5.41) is 7.43. The lowest BCUT2D eigenvalue weighted by atomic mass is 9.95. The summed E-state index contributed by atoms with van der Waals surface area (Å²) in [6, 6.07) is 15.6. The van der Waals surface area contributed by atoms with E-state index in [1.165, 1.54) is 0 Å². The molecule has 0 atom stereocenters. The van der Waals surface area contributed by atoms with Crippen LogP contribution >= 0.6 is 0 Å². The van der Waals surface area contributed by atoms with E-state index < -0.39 is 0 Å². The Kier molecular flexibility index (Phi) is 5.80. The van der Waals surface area contributed by atoms with Crippen LogP contribution in [0.15, 0.2) is 73.3 Å². The summed E-state index contributed by atoms with van der Waals surface area (Å²) >= 11 is 0. The molecule has 1 aliphatic rings.